The van der Waals surface area contributed by atoms with Crippen molar-refractivity contribution < 1.29 is 14.7 Å². The number of nitrogens with zero attached hydrogens (tertiary/aromatic N) is 1. The van der Waals surface area contributed by atoms with Crippen LogP contribution in [0.5, 0.6) is 0 Å². The van der Waals surface area contributed by atoms with Gasteiger partial charge in [-0.1, -0.05) is 27.2 Å². The van der Waals surface area contributed by atoms with Gasteiger partial charge in [-0.05, 0) is 18.3 Å². The van der Waals surface area contributed by atoms with E-state index in [1.54, 1.807) is 11.9 Å². The summed E-state index contributed by atoms with van der Waals surface area (Å²) in [7, 11) is 1.73. The molecule has 104 valence electrons. The molecule has 2 amide bonds. The van der Waals surface area contributed by atoms with Crippen LogP contribution in [0.3, 0.4) is 0 Å². The number of hydrogen-bond acceptors (Lipinski definition) is 2. The van der Waals surface area contributed by atoms with E-state index in [0.29, 0.717) is 19.4 Å². The SMILES string of the molecule is CN(CC(C)(C)C)C(=O)NCC1(C(=O)O)CCC1. The van der Waals surface area contributed by atoms with Crippen molar-refractivity contribution in [2.24, 2.45) is 10.8 Å². The lowest BCUT2D eigenvalue weighted by atomic mass is 9.69. The Balaban J connectivity index is 2.43. The van der Waals surface area contributed by atoms with Crippen LogP contribution in [0.1, 0.15) is 40.0 Å². The van der Waals surface area contributed by atoms with Crippen LogP contribution in [0.4, 0.5) is 4.79 Å². The monoisotopic (exact) mass is 256 g/mol. The van der Waals surface area contributed by atoms with Gasteiger partial charge in [0.05, 0.1) is 5.41 Å². The molecule has 0 aromatic rings. The molecule has 0 heterocycles. The van der Waals surface area contributed by atoms with Crippen LogP contribution in [0.15, 0.2) is 0 Å². The van der Waals surface area contributed by atoms with Crippen molar-refractivity contribution in [1.29, 1.82) is 0 Å². The highest BCUT2D eigenvalue weighted by atomic mass is 16.4. The molecule has 5 heteroatoms. The molecule has 0 aliphatic heterocycles. The lowest BCUT2D eigenvalue weighted by molar-refractivity contribution is -0.153. The minimum atomic E-state index is -0.799. The van der Waals surface area contributed by atoms with Crippen LogP contribution >= 0.6 is 0 Å². The van der Waals surface area contributed by atoms with Gasteiger partial charge in [0.25, 0.3) is 0 Å². The molecule has 1 fully saturated rings. The van der Waals surface area contributed by atoms with Crippen molar-refractivity contribution in [2.75, 3.05) is 20.1 Å². The molecule has 0 spiro atoms. The molecule has 1 aliphatic rings. The molecule has 1 rings (SSSR count). The number of carbonyl (C=O) groups is 2. The van der Waals surface area contributed by atoms with Gasteiger partial charge in [0.15, 0.2) is 0 Å². The zero-order valence-electron chi connectivity index (χ0n) is 11.7. The fourth-order valence-corrected chi connectivity index (χ4v) is 2.23. The van der Waals surface area contributed by atoms with Gasteiger partial charge in [0, 0.05) is 20.1 Å². The van der Waals surface area contributed by atoms with Gasteiger partial charge < -0.3 is 15.3 Å². The zero-order valence-corrected chi connectivity index (χ0v) is 11.7. The van der Waals surface area contributed by atoms with E-state index in [1.807, 2.05) is 0 Å². The largest absolute Gasteiger partial charge is 0.481 e. The molecule has 0 aromatic carbocycles. The maximum absolute atomic E-state index is 11.9. The van der Waals surface area contributed by atoms with Crippen molar-refractivity contribution in [2.45, 2.75) is 40.0 Å². The van der Waals surface area contributed by atoms with E-state index in [1.165, 1.54) is 0 Å². The maximum Gasteiger partial charge on any atom is 0.317 e. The third kappa shape index (κ3) is 3.62. The van der Waals surface area contributed by atoms with E-state index in [4.69, 9.17) is 5.11 Å². The third-order valence-corrected chi connectivity index (χ3v) is 3.40. The van der Waals surface area contributed by atoms with Crippen LogP contribution in [-0.4, -0.2) is 42.1 Å². The fraction of sp³-hybridized carbons (Fsp3) is 0.846. The molecule has 1 aliphatic carbocycles. The van der Waals surface area contributed by atoms with E-state index in [2.05, 4.69) is 26.1 Å². The maximum atomic E-state index is 11.9. The summed E-state index contributed by atoms with van der Waals surface area (Å²) in [4.78, 5) is 24.6. The Kier molecular flexibility index (Phi) is 4.24. The van der Waals surface area contributed by atoms with Gasteiger partial charge in [0.2, 0.25) is 0 Å². The topological polar surface area (TPSA) is 69.6 Å². The second kappa shape index (κ2) is 5.16. The Bertz CT molecular complexity index is 330. The van der Waals surface area contributed by atoms with Crippen molar-refractivity contribution in [1.82, 2.24) is 10.2 Å². The van der Waals surface area contributed by atoms with Gasteiger partial charge in [-0.25, -0.2) is 4.79 Å². The molecule has 0 radical (unpaired) electrons. The first kappa shape index (κ1) is 14.8. The van der Waals surface area contributed by atoms with Gasteiger partial charge in [-0.15, -0.1) is 0 Å². The Morgan fingerprint density at radius 3 is 2.22 bits per heavy atom. The lowest BCUT2D eigenvalue weighted by Gasteiger charge is -2.38. The lowest BCUT2D eigenvalue weighted by Crippen LogP contribution is -2.50. The van der Waals surface area contributed by atoms with E-state index in [0.717, 1.165) is 6.42 Å². The first-order valence-electron chi connectivity index (χ1n) is 6.39. The first-order chi connectivity index (χ1) is 8.16. The molecule has 0 aromatic heterocycles. The van der Waals surface area contributed by atoms with Crippen molar-refractivity contribution in [3.05, 3.63) is 0 Å². The van der Waals surface area contributed by atoms with Crippen LogP contribution < -0.4 is 5.32 Å². The molecular formula is C13H24N2O3. The van der Waals surface area contributed by atoms with Crippen LogP contribution in [0, 0.1) is 10.8 Å². The summed E-state index contributed by atoms with van der Waals surface area (Å²) in [5.41, 5.74) is -0.689. The van der Waals surface area contributed by atoms with Gasteiger partial charge in [-0.2, -0.15) is 0 Å². The van der Waals surface area contributed by atoms with Crippen LogP contribution in [0.25, 0.3) is 0 Å². The summed E-state index contributed by atoms with van der Waals surface area (Å²) in [5.74, 6) is -0.799. The molecule has 0 unspecified atom stereocenters. The van der Waals surface area contributed by atoms with Crippen molar-refractivity contribution >= 4 is 12.0 Å². The summed E-state index contributed by atoms with van der Waals surface area (Å²) in [5, 5.41) is 11.9. The Morgan fingerprint density at radius 1 is 1.33 bits per heavy atom. The number of nitrogens with one attached hydrogen (secondary N) is 1. The van der Waals surface area contributed by atoms with Crippen LogP contribution in [-0.2, 0) is 4.79 Å². The molecule has 5 nitrogen and oxygen atoms in total. The van der Waals surface area contributed by atoms with E-state index in [9.17, 15) is 9.59 Å². The average Bonchev–Trinajstić information content (AvgIpc) is 2.12. The van der Waals surface area contributed by atoms with E-state index >= 15 is 0 Å². The second-order valence-electron chi connectivity index (χ2n) is 6.51. The average molecular weight is 256 g/mol. The summed E-state index contributed by atoms with van der Waals surface area (Å²) < 4.78 is 0. The molecular weight excluding hydrogens is 232 g/mol. The summed E-state index contributed by atoms with van der Waals surface area (Å²) in [6, 6.07) is -0.197. The molecule has 2 N–H and O–H groups in total. The molecule has 1 saturated carbocycles. The Labute approximate surface area is 109 Å². The van der Waals surface area contributed by atoms with Crippen molar-refractivity contribution in [3.63, 3.8) is 0 Å². The molecule has 18 heavy (non-hydrogen) atoms. The predicted octanol–water partition coefficient (Wildman–Crippen LogP) is 1.93. The summed E-state index contributed by atoms with van der Waals surface area (Å²) >= 11 is 0. The number of hydrogen-bond donors (Lipinski definition) is 2. The number of carboxylic acid groups (broad SMARTS) is 1. The summed E-state index contributed by atoms with van der Waals surface area (Å²) in [6.07, 6.45) is 2.25. The quantitative estimate of drug-likeness (QED) is 0.807. The highest BCUT2D eigenvalue weighted by molar-refractivity contribution is 5.78. The number of rotatable bonds is 4. The van der Waals surface area contributed by atoms with Crippen LogP contribution in [0.2, 0.25) is 0 Å². The fourth-order valence-electron chi connectivity index (χ4n) is 2.23. The second-order valence-corrected chi connectivity index (χ2v) is 6.51. The predicted molar refractivity (Wildman–Crippen MR) is 69.4 cm³/mol. The number of aliphatic carboxylic acids is 1. The highest BCUT2D eigenvalue weighted by Gasteiger charge is 2.44. The minimum absolute atomic E-state index is 0.0348. The number of carboxylic acids is 1. The van der Waals surface area contributed by atoms with E-state index < -0.39 is 11.4 Å². The van der Waals surface area contributed by atoms with Gasteiger partial charge in [0.1, 0.15) is 0 Å². The highest BCUT2D eigenvalue weighted by Crippen LogP contribution is 2.40. The molecule has 0 atom stereocenters. The molecule has 0 saturated heterocycles. The Morgan fingerprint density at radius 2 is 1.89 bits per heavy atom. The zero-order chi connectivity index (χ0) is 14.0. The standard InChI is InChI=1S/C13H24N2O3/c1-12(2,3)9-15(4)11(18)14-8-13(10(16)17)6-5-7-13/h5-9H2,1-4H3,(H,14,18)(H,16,17). The third-order valence-electron chi connectivity index (χ3n) is 3.40. The number of carbonyl (C=O) groups excluding carboxylic acids is 1. The normalized spacial score (nSPS) is 17.8. The number of urea groups is 1. The van der Waals surface area contributed by atoms with Crippen molar-refractivity contribution in [3.8, 4) is 0 Å². The molecule has 0 bridgehead atoms. The van der Waals surface area contributed by atoms with Gasteiger partial charge in [-0.3, -0.25) is 4.79 Å². The Hall–Kier alpha value is -1.26. The van der Waals surface area contributed by atoms with Gasteiger partial charge >= 0.3 is 12.0 Å². The van der Waals surface area contributed by atoms with E-state index in [-0.39, 0.29) is 18.0 Å². The first-order valence-corrected chi connectivity index (χ1v) is 6.39. The smallest absolute Gasteiger partial charge is 0.317 e. The minimum Gasteiger partial charge on any atom is -0.481 e. The number of amides is 2. The summed E-state index contributed by atoms with van der Waals surface area (Å²) in [6.45, 7) is 7.04.